The lowest BCUT2D eigenvalue weighted by molar-refractivity contribution is 0.147. The number of carbonyl (C=O) groups is 1. The molecular formula is C12H14Cl2N2O2. The Morgan fingerprint density at radius 3 is 2.44 bits per heavy atom. The smallest absolute Gasteiger partial charge is 0.324 e. The molecule has 1 saturated heterocycles. The minimum atomic E-state index is -0.313. The molecule has 1 N–H and O–H groups in total. The van der Waals surface area contributed by atoms with Gasteiger partial charge in [0.1, 0.15) is 6.73 Å². The van der Waals surface area contributed by atoms with E-state index in [0.29, 0.717) is 22.3 Å². The van der Waals surface area contributed by atoms with Crippen LogP contribution in [0, 0.1) is 0 Å². The Labute approximate surface area is 116 Å². The van der Waals surface area contributed by atoms with E-state index in [1.165, 1.54) is 0 Å². The Morgan fingerprint density at radius 2 is 1.94 bits per heavy atom. The summed E-state index contributed by atoms with van der Waals surface area (Å²) in [6, 6.07) is 4.68. The van der Waals surface area contributed by atoms with Gasteiger partial charge in [-0.15, -0.1) is 0 Å². The molecule has 0 atom stereocenters. The van der Waals surface area contributed by atoms with Gasteiger partial charge in [-0.25, -0.2) is 4.79 Å². The Hall–Kier alpha value is -0.970. The van der Waals surface area contributed by atoms with Crippen molar-refractivity contribution >= 4 is 34.9 Å². The van der Waals surface area contributed by atoms with E-state index in [1.54, 1.807) is 23.1 Å². The standard InChI is InChI=1S/C12H14Cl2N2O2/c1-12(2)6-18-7-16(12)11(17)15-10-4-8(13)3-9(14)5-10/h3-5H,6-7H2,1-2H3,(H,15,17). The summed E-state index contributed by atoms with van der Waals surface area (Å²) < 4.78 is 5.29. The number of hydrogen-bond acceptors (Lipinski definition) is 2. The van der Waals surface area contributed by atoms with E-state index in [-0.39, 0.29) is 18.3 Å². The lowest BCUT2D eigenvalue weighted by Crippen LogP contribution is -2.46. The molecule has 1 aliphatic heterocycles. The topological polar surface area (TPSA) is 41.6 Å². The summed E-state index contributed by atoms with van der Waals surface area (Å²) in [7, 11) is 0. The van der Waals surface area contributed by atoms with E-state index in [2.05, 4.69) is 5.32 Å². The van der Waals surface area contributed by atoms with E-state index < -0.39 is 0 Å². The van der Waals surface area contributed by atoms with Gasteiger partial charge in [-0.05, 0) is 32.0 Å². The van der Waals surface area contributed by atoms with Gasteiger partial charge >= 0.3 is 6.03 Å². The Bertz CT molecular complexity index is 457. The van der Waals surface area contributed by atoms with Crippen molar-refractivity contribution in [3.63, 3.8) is 0 Å². The second-order valence-corrected chi connectivity index (χ2v) is 5.68. The van der Waals surface area contributed by atoms with Gasteiger partial charge in [0.15, 0.2) is 0 Å². The number of rotatable bonds is 1. The average molecular weight is 289 g/mol. The molecule has 0 spiro atoms. The van der Waals surface area contributed by atoms with Crippen LogP contribution in [-0.2, 0) is 4.74 Å². The molecule has 1 fully saturated rings. The molecule has 0 aromatic heterocycles. The minimum Gasteiger partial charge on any atom is -0.359 e. The highest BCUT2D eigenvalue weighted by Gasteiger charge is 2.36. The van der Waals surface area contributed by atoms with Crippen LogP contribution in [0.25, 0.3) is 0 Å². The molecule has 0 saturated carbocycles. The van der Waals surface area contributed by atoms with Gasteiger partial charge in [-0.1, -0.05) is 23.2 Å². The number of ether oxygens (including phenoxy) is 1. The second-order valence-electron chi connectivity index (χ2n) is 4.81. The summed E-state index contributed by atoms with van der Waals surface area (Å²) in [4.78, 5) is 13.7. The second kappa shape index (κ2) is 4.96. The van der Waals surface area contributed by atoms with E-state index in [9.17, 15) is 4.79 Å². The fraction of sp³-hybridized carbons (Fsp3) is 0.417. The summed E-state index contributed by atoms with van der Waals surface area (Å²) in [5.74, 6) is 0. The number of carbonyl (C=O) groups excluding carboxylic acids is 1. The number of hydrogen-bond donors (Lipinski definition) is 1. The quantitative estimate of drug-likeness (QED) is 0.858. The highest BCUT2D eigenvalue weighted by Crippen LogP contribution is 2.25. The zero-order valence-electron chi connectivity index (χ0n) is 10.2. The number of nitrogens with one attached hydrogen (secondary N) is 1. The molecule has 4 nitrogen and oxygen atoms in total. The van der Waals surface area contributed by atoms with E-state index in [1.807, 2.05) is 13.8 Å². The van der Waals surface area contributed by atoms with Crippen molar-refractivity contribution in [1.82, 2.24) is 4.90 Å². The molecule has 18 heavy (non-hydrogen) atoms. The Morgan fingerprint density at radius 1 is 1.33 bits per heavy atom. The molecule has 2 rings (SSSR count). The van der Waals surface area contributed by atoms with E-state index >= 15 is 0 Å². The van der Waals surface area contributed by atoms with Crippen LogP contribution in [0.2, 0.25) is 10.0 Å². The molecule has 6 heteroatoms. The van der Waals surface area contributed by atoms with E-state index in [4.69, 9.17) is 27.9 Å². The monoisotopic (exact) mass is 288 g/mol. The van der Waals surface area contributed by atoms with Crippen molar-refractivity contribution in [1.29, 1.82) is 0 Å². The summed E-state index contributed by atoms with van der Waals surface area (Å²) in [5, 5.41) is 3.72. The molecule has 0 unspecified atom stereocenters. The molecule has 0 aliphatic carbocycles. The van der Waals surface area contributed by atoms with Crippen molar-refractivity contribution in [3.8, 4) is 0 Å². The van der Waals surface area contributed by atoms with Crippen LogP contribution in [0.4, 0.5) is 10.5 Å². The highest BCUT2D eigenvalue weighted by molar-refractivity contribution is 6.35. The first kappa shape index (κ1) is 13.5. The first-order valence-corrected chi connectivity index (χ1v) is 6.26. The van der Waals surface area contributed by atoms with Crippen molar-refractivity contribution in [3.05, 3.63) is 28.2 Å². The molecule has 1 aromatic carbocycles. The normalized spacial score (nSPS) is 17.9. The Kier molecular flexibility index (Phi) is 3.71. The zero-order chi connectivity index (χ0) is 13.3. The summed E-state index contributed by atoms with van der Waals surface area (Å²) in [5.41, 5.74) is 0.257. The van der Waals surface area contributed by atoms with Crippen LogP contribution in [0.1, 0.15) is 13.8 Å². The molecule has 0 bridgehead atoms. The van der Waals surface area contributed by atoms with Crippen LogP contribution in [0.5, 0.6) is 0 Å². The number of amides is 2. The third-order valence-corrected chi connectivity index (χ3v) is 3.20. The van der Waals surface area contributed by atoms with Crippen molar-refractivity contribution in [2.45, 2.75) is 19.4 Å². The van der Waals surface area contributed by atoms with E-state index in [0.717, 1.165) is 0 Å². The van der Waals surface area contributed by atoms with Crippen LogP contribution in [0.3, 0.4) is 0 Å². The van der Waals surface area contributed by atoms with Gasteiger partial charge in [0.2, 0.25) is 0 Å². The van der Waals surface area contributed by atoms with Crippen molar-refractivity contribution < 1.29 is 9.53 Å². The molecule has 1 aromatic rings. The fourth-order valence-electron chi connectivity index (χ4n) is 1.79. The van der Waals surface area contributed by atoms with Crippen LogP contribution < -0.4 is 5.32 Å². The number of urea groups is 1. The number of benzene rings is 1. The van der Waals surface area contributed by atoms with Gasteiger partial charge in [0.25, 0.3) is 0 Å². The summed E-state index contributed by atoms with van der Waals surface area (Å²) >= 11 is 11.8. The van der Waals surface area contributed by atoms with Gasteiger partial charge < -0.3 is 10.1 Å². The predicted octanol–water partition coefficient (Wildman–Crippen LogP) is 3.59. The molecular weight excluding hydrogens is 275 g/mol. The number of nitrogens with zero attached hydrogens (tertiary/aromatic N) is 1. The molecule has 98 valence electrons. The number of halogens is 2. The largest absolute Gasteiger partial charge is 0.359 e. The summed E-state index contributed by atoms with van der Waals surface area (Å²) in [6.07, 6.45) is 0. The van der Waals surface area contributed by atoms with Gasteiger partial charge in [0.05, 0.1) is 12.1 Å². The molecule has 1 aliphatic rings. The van der Waals surface area contributed by atoms with Crippen LogP contribution in [0.15, 0.2) is 18.2 Å². The van der Waals surface area contributed by atoms with Gasteiger partial charge in [-0.2, -0.15) is 0 Å². The lowest BCUT2D eigenvalue weighted by atomic mass is 10.1. The third-order valence-electron chi connectivity index (χ3n) is 2.77. The first-order valence-electron chi connectivity index (χ1n) is 5.51. The SMILES string of the molecule is CC1(C)COCN1C(=O)Nc1cc(Cl)cc(Cl)c1. The lowest BCUT2D eigenvalue weighted by Gasteiger charge is -2.29. The van der Waals surface area contributed by atoms with Crippen LogP contribution in [-0.4, -0.2) is 29.8 Å². The molecule has 1 heterocycles. The average Bonchev–Trinajstić information content (AvgIpc) is 2.56. The first-order chi connectivity index (χ1) is 8.38. The van der Waals surface area contributed by atoms with Gasteiger partial charge in [0, 0.05) is 15.7 Å². The third kappa shape index (κ3) is 2.88. The maximum Gasteiger partial charge on any atom is 0.324 e. The zero-order valence-corrected chi connectivity index (χ0v) is 11.7. The predicted molar refractivity (Wildman–Crippen MR) is 72.2 cm³/mol. The number of anilines is 1. The molecule has 0 radical (unpaired) electrons. The highest BCUT2D eigenvalue weighted by atomic mass is 35.5. The van der Waals surface area contributed by atoms with Crippen LogP contribution >= 0.6 is 23.2 Å². The van der Waals surface area contributed by atoms with Crippen molar-refractivity contribution in [2.24, 2.45) is 0 Å². The molecule has 2 amide bonds. The summed E-state index contributed by atoms with van der Waals surface area (Å²) in [6.45, 7) is 4.71. The fourth-order valence-corrected chi connectivity index (χ4v) is 2.32. The minimum absolute atomic E-state index is 0.226. The maximum atomic E-state index is 12.1. The maximum absolute atomic E-state index is 12.1. The van der Waals surface area contributed by atoms with Gasteiger partial charge in [-0.3, -0.25) is 4.90 Å². The van der Waals surface area contributed by atoms with Crippen molar-refractivity contribution in [2.75, 3.05) is 18.7 Å². The Balaban J connectivity index is 2.12.